The van der Waals surface area contributed by atoms with E-state index in [-0.39, 0.29) is 6.04 Å². The summed E-state index contributed by atoms with van der Waals surface area (Å²) in [6.07, 6.45) is 1.74. The highest BCUT2D eigenvalue weighted by Crippen LogP contribution is 2.31. The molecule has 1 aromatic heterocycles. The normalized spacial score (nSPS) is 12.5. The summed E-state index contributed by atoms with van der Waals surface area (Å²) >= 11 is 6.92. The summed E-state index contributed by atoms with van der Waals surface area (Å²) in [5, 5.41) is 4.17. The maximum absolute atomic E-state index is 6.27. The lowest BCUT2D eigenvalue weighted by Gasteiger charge is -2.15. The lowest BCUT2D eigenvalue weighted by Crippen LogP contribution is -2.16. The van der Waals surface area contributed by atoms with Crippen LogP contribution in [-0.4, -0.2) is 16.9 Å². The number of hydrogen-bond acceptors (Lipinski definition) is 3. The van der Waals surface area contributed by atoms with Crippen LogP contribution in [0.5, 0.6) is 5.75 Å². The number of methoxy groups -OCH3 is 1. The SMILES string of the molecule is COc1ccc(C(N)c2c(Br)cnn2C)cc1Br. The number of hydrogen-bond donors (Lipinski definition) is 1. The van der Waals surface area contributed by atoms with Crippen LogP contribution < -0.4 is 10.5 Å². The fraction of sp³-hybridized carbons (Fsp3) is 0.250. The molecule has 96 valence electrons. The van der Waals surface area contributed by atoms with E-state index in [0.717, 1.165) is 26.0 Å². The molecule has 4 nitrogen and oxygen atoms in total. The zero-order valence-electron chi connectivity index (χ0n) is 10.0. The zero-order valence-corrected chi connectivity index (χ0v) is 13.2. The van der Waals surface area contributed by atoms with Crippen LogP contribution in [0, 0.1) is 0 Å². The summed E-state index contributed by atoms with van der Waals surface area (Å²) in [4.78, 5) is 0. The minimum Gasteiger partial charge on any atom is -0.496 e. The second-order valence-electron chi connectivity index (χ2n) is 3.87. The molecule has 0 saturated heterocycles. The molecule has 2 rings (SSSR count). The number of aryl methyl sites for hydroxylation is 1. The van der Waals surface area contributed by atoms with E-state index < -0.39 is 0 Å². The van der Waals surface area contributed by atoms with Crippen molar-refractivity contribution in [3.05, 3.63) is 44.6 Å². The second-order valence-corrected chi connectivity index (χ2v) is 5.58. The molecule has 2 N–H and O–H groups in total. The first-order valence-electron chi connectivity index (χ1n) is 5.31. The fourth-order valence-electron chi connectivity index (χ4n) is 1.80. The van der Waals surface area contributed by atoms with Crippen LogP contribution in [0.3, 0.4) is 0 Å². The van der Waals surface area contributed by atoms with Crippen molar-refractivity contribution in [2.75, 3.05) is 7.11 Å². The Labute approximate surface area is 122 Å². The molecule has 0 aliphatic heterocycles. The van der Waals surface area contributed by atoms with Gasteiger partial charge in [-0.25, -0.2) is 0 Å². The Morgan fingerprint density at radius 3 is 2.56 bits per heavy atom. The van der Waals surface area contributed by atoms with E-state index >= 15 is 0 Å². The Bertz CT molecular complexity index is 549. The molecular formula is C12H13Br2N3O. The molecule has 18 heavy (non-hydrogen) atoms. The van der Waals surface area contributed by atoms with Crippen molar-refractivity contribution < 1.29 is 4.74 Å². The van der Waals surface area contributed by atoms with Crippen LogP contribution in [-0.2, 0) is 7.05 Å². The fourth-order valence-corrected chi connectivity index (χ4v) is 2.96. The number of halogens is 2. The quantitative estimate of drug-likeness (QED) is 0.898. The highest BCUT2D eigenvalue weighted by molar-refractivity contribution is 9.10. The van der Waals surface area contributed by atoms with Crippen molar-refractivity contribution in [1.82, 2.24) is 9.78 Å². The Morgan fingerprint density at radius 2 is 2.06 bits per heavy atom. The second kappa shape index (κ2) is 5.42. The molecule has 0 spiro atoms. The Kier molecular flexibility index (Phi) is 4.09. The summed E-state index contributed by atoms with van der Waals surface area (Å²) in [7, 11) is 3.51. The Balaban J connectivity index is 2.40. The average Bonchev–Trinajstić information content (AvgIpc) is 2.68. The summed E-state index contributed by atoms with van der Waals surface area (Å²) in [5.41, 5.74) is 8.20. The third kappa shape index (κ3) is 2.46. The summed E-state index contributed by atoms with van der Waals surface area (Å²) in [5.74, 6) is 0.787. The molecule has 0 saturated carbocycles. The number of aromatic nitrogens is 2. The lowest BCUT2D eigenvalue weighted by atomic mass is 10.0. The van der Waals surface area contributed by atoms with Gasteiger partial charge in [0.05, 0.1) is 34.0 Å². The van der Waals surface area contributed by atoms with Gasteiger partial charge in [-0.2, -0.15) is 5.10 Å². The summed E-state index contributed by atoms with van der Waals surface area (Å²) < 4.78 is 8.77. The predicted molar refractivity (Wildman–Crippen MR) is 77.6 cm³/mol. The summed E-state index contributed by atoms with van der Waals surface area (Å²) in [6.45, 7) is 0. The number of nitrogens with zero attached hydrogens (tertiary/aromatic N) is 2. The van der Waals surface area contributed by atoms with Crippen molar-refractivity contribution in [3.8, 4) is 5.75 Å². The predicted octanol–water partition coefficient (Wildman–Crippen LogP) is 3.00. The molecule has 0 amide bonds. The van der Waals surface area contributed by atoms with Crippen molar-refractivity contribution >= 4 is 31.9 Å². The van der Waals surface area contributed by atoms with Crippen molar-refractivity contribution in [2.45, 2.75) is 6.04 Å². The first-order valence-corrected chi connectivity index (χ1v) is 6.89. The standard InChI is InChI=1S/C12H13Br2N3O/c1-17-12(9(14)6-16-17)11(15)7-3-4-10(18-2)8(13)5-7/h3-6,11H,15H2,1-2H3. The van der Waals surface area contributed by atoms with Gasteiger partial charge >= 0.3 is 0 Å². The van der Waals surface area contributed by atoms with Gasteiger partial charge in [-0.1, -0.05) is 6.07 Å². The van der Waals surface area contributed by atoms with Gasteiger partial charge in [-0.3, -0.25) is 4.68 Å². The van der Waals surface area contributed by atoms with E-state index in [2.05, 4.69) is 37.0 Å². The first-order chi connectivity index (χ1) is 8.54. The topological polar surface area (TPSA) is 53.1 Å². The van der Waals surface area contributed by atoms with Crippen LogP contribution in [0.1, 0.15) is 17.3 Å². The smallest absolute Gasteiger partial charge is 0.133 e. The van der Waals surface area contributed by atoms with Gasteiger partial charge in [0.25, 0.3) is 0 Å². The van der Waals surface area contributed by atoms with E-state index in [4.69, 9.17) is 10.5 Å². The van der Waals surface area contributed by atoms with Gasteiger partial charge in [-0.15, -0.1) is 0 Å². The van der Waals surface area contributed by atoms with E-state index in [1.165, 1.54) is 0 Å². The highest BCUT2D eigenvalue weighted by atomic mass is 79.9. The Morgan fingerprint density at radius 1 is 1.33 bits per heavy atom. The van der Waals surface area contributed by atoms with Crippen LogP contribution in [0.25, 0.3) is 0 Å². The van der Waals surface area contributed by atoms with Gasteiger partial charge in [0, 0.05) is 7.05 Å². The molecule has 1 unspecified atom stereocenters. The molecule has 0 aliphatic carbocycles. The van der Waals surface area contributed by atoms with Crippen molar-refractivity contribution in [1.29, 1.82) is 0 Å². The number of ether oxygens (including phenoxy) is 1. The van der Waals surface area contributed by atoms with E-state index in [0.29, 0.717) is 0 Å². The molecule has 2 aromatic rings. The minimum atomic E-state index is -0.242. The van der Waals surface area contributed by atoms with Crippen LogP contribution >= 0.6 is 31.9 Å². The molecular weight excluding hydrogens is 362 g/mol. The van der Waals surface area contributed by atoms with E-state index in [9.17, 15) is 0 Å². The molecule has 1 aromatic carbocycles. The molecule has 0 radical (unpaired) electrons. The van der Waals surface area contributed by atoms with E-state index in [1.54, 1.807) is 18.0 Å². The maximum Gasteiger partial charge on any atom is 0.133 e. The zero-order chi connectivity index (χ0) is 13.3. The van der Waals surface area contributed by atoms with Crippen molar-refractivity contribution in [2.24, 2.45) is 12.8 Å². The Hall–Kier alpha value is -0.850. The number of benzene rings is 1. The van der Waals surface area contributed by atoms with Gasteiger partial charge in [-0.05, 0) is 49.6 Å². The maximum atomic E-state index is 6.27. The molecule has 0 fully saturated rings. The lowest BCUT2D eigenvalue weighted by molar-refractivity contribution is 0.412. The van der Waals surface area contributed by atoms with Crippen molar-refractivity contribution in [3.63, 3.8) is 0 Å². The molecule has 6 heteroatoms. The first kappa shape index (κ1) is 13.6. The molecule has 1 heterocycles. The molecule has 0 bridgehead atoms. The number of nitrogens with two attached hydrogens (primary N) is 1. The minimum absolute atomic E-state index is 0.242. The van der Waals surface area contributed by atoms with Crippen LogP contribution in [0.2, 0.25) is 0 Å². The average molecular weight is 375 g/mol. The molecule has 1 atom stereocenters. The highest BCUT2D eigenvalue weighted by Gasteiger charge is 2.17. The third-order valence-electron chi connectivity index (χ3n) is 2.77. The number of rotatable bonds is 3. The largest absolute Gasteiger partial charge is 0.496 e. The van der Waals surface area contributed by atoms with Gasteiger partial charge in [0.15, 0.2) is 0 Å². The third-order valence-corrected chi connectivity index (χ3v) is 4.00. The summed E-state index contributed by atoms with van der Waals surface area (Å²) in [6, 6.07) is 5.56. The van der Waals surface area contributed by atoms with Crippen LogP contribution in [0.4, 0.5) is 0 Å². The molecule has 0 aliphatic rings. The van der Waals surface area contributed by atoms with Crippen LogP contribution in [0.15, 0.2) is 33.3 Å². The van der Waals surface area contributed by atoms with Gasteiger partial charge in [0.2, 0.25) is 0 Å². The monoisotopic (exact) mass is 373 g/mol. The van der Waals surface area contributed by atoms with Gasteiger partial charge < -0.3 is 10.5 Å². The van der Waals surface area contributed by atoms with E-state index in [1.807, 2.05) is 25.2 Å². The van der Waals surface area contributed by atoms with Gasteiger partial charge in [0.1, 0.15) is 5.75 Å².